The van der Waals surface area contributed by atoms with E-state index in [2.05, 4.69) is 0 Å². The molecule has 0 radical (unpaired) electrons. The SMILES string of the molecule is CC(C)(C)C(F)(C(C)(C)C)C(C)(C)C. The van der Waals surface area contributed by atoms with Gasteiger partial charge in [0.25, 0.3) is 0 Å². The molecule has 0 aromatic heterocycles. The van der Waals surface area contributed by atoms with Crippen LogP contribution < -0.4 is 0 Å². The topological polar surface area (TPSA) is 0 Å². The Morgan fingerprint density at radius 2 is 0.643 bits per heavy atom. The molecule has 0 heterocycles. The molecule has 0 saturated heterocycles. The lowest BCUT2D eigenvalue weighted by atomic mass is 9.54. The number of alkyl halides is 1. The molecule has 0 aliphatic heterocycles. The molecule has 0 aromatic rings. The maximum atomic E-state index is 15.3. The van der Waals surface area contributed by atoms with Crippen molar-refractivity contribution in [3.8, 4) is 0 Å². The molecule has 14 heavy (non-hydrogen) atoms. The van der Waals surface area contributed by atoms with Crippen LogP contribution >= 0.6 is 0 Å². The first-order valence-corrected chi connectivity index (χ1v) is 5.44. The van der Waals surface area contributed by atoms with E-state index in [4.69, 9.17) is 0 Å². The summed E-state index contributed by atoms with van der Waals surface area (Å²) in [5.41, 5.74) is -2.22. The Bertz CT molecular complexity index is 159. The first-order valence-electron chi connectivity index (χ1n) is 5.44. The van der Waals surface area contributed by atoms with Crippen molar-refractivity contribution in [1.29, 1.82) is 0 Å². The Labute approximate surface area is 89.3 Å². The lowest BCUT2D eigenvalue weighted by Crippen LogP contribution is -2.57. The van der Waals surface area contributed by atoms with Gasteiger partial charge < -0.3 is 0 Å². The van der Waals surface area contributed by atoms with Crippen LogP contribution in [0.4, 0.5) is 4.39 Å². The van der Waals surface area contributed by atoms with E-state index in [1.54, 1.807) is 0 Å². The van der Waals surface area contributed by atoms with Crippen LogP contribution in [0.15, 0.2) is 0 Å². The first-order chi connectivity index (χ1) is 5.75. The number of halogens is 1. The summed E-state index contributed by atoms with van der Waals surface area (Å²) in [5, 5.41) is 0. The minimum atomic E-state index is -1.19. The summed E-state index contributed by atoms with van der Waals surface area (Å²) in [7, 11) is 0. The van der Waals surface area contributed by atoms with Gasteiger partial charge in [0.1, 0.15) is 5.67 Å². The van der Waals surface area contributed by atoms with Crippen LogP contribution in [0.2, 0.25) is 0 Å². The highest BCUT2D eigenvalue weighted by atomic mass is 19.1. The summed E-state index contributed by atoms with van der Waals surface area (Å²) < 4.78 is 15.3. The third kappa shape index (κ3) is 1.97. The highest BCUT2D eigenvalue weighted by molar-refractivity contribution is 5.06. The van der Waals surface area contributed by atoms with E-state index in [1.165, 1.54) is 0 Å². The van der Waals surface area contributed by atoms with E-state index in [0.29, 0.717) is 0 Å². The zero-order valence-electron chi connectivity index (χ0n) is 11.4. The molecule has 86 valence electrons. The van der Waals surface area contributed by atoms with Crippen LogP contribution in [0.3, 0.4) is 0 Å². The minimum Gasteiger partial charge on any atom is -0.242 e. The molecule has 0 spiro atoms. The summed E-state index contributed by atoms with van der Waals surface area (Å²) in [5.74, 6) is 0. The van der Waals surface area contributed by atoms with Crippen molar-refractivity contribution in [2.24, 2.45) is 16.2 Å². The molecule has 1 heteroatoms. The van der Waals surface area contributed by atoms with Crippen LogP contribution in [0.25, 0.3) is 0 Å². The zero-order chi connectivity index (χ0) is 12.0. The van der Waals surface area contributed by atoms with E-state index in [-0.39, 0.29) is 16.2 Å². The zero-order valence-corrected chi connectivity index (χ0v) is 11.4. The monoisotopic (exact) mass is 202 g/mol. The highest BCUT2D eigenvalue weighted by Crippen LogP contribution is 2.56. The van der Waals surface area contributed by atoms with E-state index < -0.39 is 5.67 Å². The fourth-order valence-electron chi connectivity index (χ4n) is 3.38. The van der Waals surface area contributed by atoms with Gasteiger partial charge >= 0.3 is 0 Å². The van der Waals surface area contributed by atoms with E-state index in [0.717, 1.165) is 0 Å². The van der Waals surface area contributed by atoms with E-state index in [9.17, 15) is 0 Å². The maximum Gasteiger partial charge on any atom is 0.125 e. The number of rotatable bonds is 0. The van der Waals surface area contributed by atoms with Gasteiger partial charge in [0.15, 0.2) is 0 Å². The van der Waals surface area contributed by atoms with Crippen molar-refractivity contribution in [3.63, 3.8) is 0 Å². The van der Waals surface area contributed by atoms with Gasteiger partial charge in [0.2, 0.25) is 0 Å². The van der Waals surface area contributed by atoms with Crippen LogP contribution in [0, 0.1) is 16.2 Å². The summed E-state index contributed by atoms with van der Waals surface area (Å²) in [4.78, 5) is 0. The molecule has 0 fully saturated rings. The minimum absolute atomic E-state index is 0.344. The van der Waals surface area contributed by atoms with Gasteiger partial charge in [-0.15, -0.1) is 0 Å². The van der Waals surface area contributed by atoms with Crippen molar-refractivity contribution in [1.82, 2.24) is 0 Å². The molecule has 0 nitrogen and oxygen atoms in total. The standard InChI is InChI=1S/C13H27F/c1-10(2,3)13(14,11(4,5)6)12(7,8)9/h1-9H3. The second kappa shape index (κ2) is 3.21. The quantitative estimate of drug-likeness (QED) is 0.527. The van der Waals surface area contributed by atoms with Crippen molar-refractivity contribution in [2.45, 2.75) is 68.0 Å². The molecule has 0 N–H and O–H groups in total. The summed E-state index contributed by atoms with van der Waals surface area (Å²) in [6, 6.07) is 0. The first kappa shape index (κ1) is 13.9. The van der Waals surface area contributed by atoms with Crippen molar-refractivity contribution in [3.05, 3.63) is 0 Å². The molecule has 0 amide bonds. The molecule has 0 unspecified atom stereocenters. The molecule has 0 aliphatic carbocycles. The fourth-order valence-corrected chi connectivity index (χ4v) is 3.38. The average Bonchev–Trinajstić information content (AvgIpc) is 1.77. The van der Waals surface area contributed by atoms with Crippen molar-refractivity contribution < 1.29 is 4.39 Å². The molecular weight excluding hydrogens is 175 g/mol. The predicted molar refractivity (Wildman–Crippen MR) is 62.2 cm³/mol. The summed E-state index contributed by atoms with van der Waals surface area (Å²) in [6.45, 7) is 17.9. The maximum absolute atomic E-state index is 15.3. The Morgan fingerprint density at radius 3 is 0.643 bits per heavy atom. The van der Waals surface area contributed by atoms with Gasteiger partial charge in [-0.25, -0.2) is 4.39 Å². The van der Waals surface area contributed by atoms with Crippen molar-refractivity contribution in [2.75, 3.05) is 0 Å². The third-order valence-electron chi connectivity index (χ3n) is 3.10. The molecular formula is C13H27F. The Hall–Kier alpha value is -0.0700. The Morgan fingerprint density at radius 1 is 0.500 bits per heavy atom. The lowest BCUT2D eigenvalue weighted by molar-refractivity contribution is -0.143. The second-order valence-electron chi connectivity index (χ2n) is 7.41. The predicted octanol–water partition coefficient (Wildman–Crippen LogP) is 4.83. The molecule has 0 rings (SSSR count). The normalized spacial score (nSPS) is 15.9. The van der Waals surface area contributed by atoms with Gasteiger partial charge in [-0.2, -0.15) is 0 Å². The molecule has 0 bridgehead atoms. The van der Waals surface area contributed by atoms with E-state index >= 15 is 4.39 Å². The lowest BCUT2D eigenvalue weighted by Gasteiger charge is -2.55. The Balaban J connectivity index is 5.54. The summed E-state index contributed by atoms with van der Waals surface area (Å²) in [6.07, 6.45) is 0. The number of hydrogen-bond donors (Lipinski definition) is 0. The second-order valence-corrected chi connectivity index (χ2v) is 7.41. The third-order valence-corrected chi connectivity index (χ3v) is 3.10. The summed E-state index contributed by atoms with van der Waals surface area (Å²) >= 11 is 0. The molecule has 0 aromatic carbocycles. The molecule has 0 saturated carbocycles. The fraction of sp³-hybridized carbons (Fsp3) is 1.00. The largest absolute Gasteiger partial charge is 0.242 e. The van der Waals surface area contributed by atoms with Crippen LogP contribution in [-0.2, 0) is 0 Å². The Kier molecular flexibility index (Phi) is 3.20. The van der Waals surface area contributed by atoms with E-state index in [1.807, 2.05) is 62.3 Å². The van der Waals surface area contributed by atoms with Gasteiger partial charge in [-0.1, -0.05) is 62.3 Å². The van der Waals surface area contributed by atoms with Gasteiger partial charge in [-0.05, 0) is 16.2 Å². The molecule has 0 atom stereocenters. The van der Waals surface area contributed by atoms with Crippen LogP contribution in [0.1, 0.15) is 62.3 Å². The van der Waals surface area contributed by atoms with Gasteiger partial charge in [0, 0.05) is 0 Å². The number of hydrogen-bond acceptors (Lipinski definition) is 0. The van der Waals surface area contributed by atoms with Gasteiger partial charge in [0.05, 0.1) is 0 Å². The smallest absolute Gasteiger partial charge is 0.125 e. The van der Waals surface area contributed by atoms with Gasteiger partial charge in [-0.3, -0.25) is 0 Å². The molecule has 0 aliphatic rings. The van der Waals surface area contributed by atoms with Crippen LogP contribution in [0.5, 0.6) is 0 Å². The average molecular weight is 202 g/mol. The highest BCUT2D eigenvalue weighted by Gasteiger charge is 2.58. The van der Waals surface area contributed by atoms with Crippen molar-refractivity contribution >= 4 is 0 Å². The van der Waals surface area contributed by atoms with Crippen LogP contribution in [-0.4, -0.2) is 5.67 Å².